The molecule has 0 fully saturated rings. The van der Waals surface area contributed by atoms with Crippen LogP contribution in [-0.2, 0) is 13.0 Å². The van der Waals surface area contributed by atoms with Gasteiger partial charge in [0.05, 0.1) is 0 Å². The van der Waals surface area contributed by atoms with Gasteiger partial charge in [-0.2, -0.15) is 0 Å². The highest BCUT2D eigenvalue weighted by atomic mass is 16.5. The highest BCUT2D eigenvalue weighted by Gasteiger charge is 1.98. The Labute approximate surface area is 108 Å². The molecule has 18 heavy (non-hydrogen) atoms. The summed E-state index contributed by atoms with van der Waals surface area (Å²) in [4.78, 5) is 0. The molecule has 0 aromatic heterocycles. The second-order valence-electron chi connectivity index (χ2n) is 4.09. The summed E-state index contributed by atoms with van der Waals surface area (Å²) in [5.74, 6) is 1.66. The summed E-state index contributed by atoms with van der Waals surface area (Å²) < 4.78 is 5.74. The number of benzene rings is 2. The van der Waals surface area contributed by atoms with Gasteiger partial charge in [0.2, 0.25) is 0 Å². The summed E-state index contributed by atoms with van der Waals surface area (Å²) in [5.41, 5.74) is 7.88. The van der Waals surface area contributed by atoms with Gasteiger partial charge in [0, 0.05) is 6.54 Å². The first-order chi connectivity index (χ1) is 8.81. The Bertz CT molecular complexity index is 500. The van der Waals surface area contributed by atoms with Crippen LogP contribution >= 0.6 is 0 Å². The minimum absolute atomic E-state index is 0.552. The SMILES string of the molecule is C=CCc1ccc(Oc2ccc(CN)cc2)cc1. The third-order valence-electron chi connectivity index (χ3n) is 2.70. The quantitative estimate of drug-likeness (QED) is 0.808. The summed E-state index contributed by atoms with van der Waals surface area (Å²) >= 11 is 0. The molecule has 0 aliphatic carbocycles. The van der Waals surface area contributed by atoms with E-state index in [-0.39, 0.29) is 0 Å². The lowest BCUT2D eigenvalue weighted by Crippen LogP contribution is -1.95. The summed E-state index contributed by atoms with van der Waals surface area (Å²) in [6, 6.07) is 15.8. The van der Waals surface area contributed by atoms with E-state index in [2.05, 4.69) is 6.58 Å². The van der Waals surface area contributed by atoms with Crippen molar-refractivity contribution in [2.45, 2.75) is 13.0 Å². The molecule has 0 aliphatic rings. The van der Waals surface area contributed by atoms with Crippen molar-refractivity contribution in [2.24, 2.45) is 5.73 Å². The third kappa shape index (κ3) is 3.22. The lowest BCUT2D eigenvalue weighted by molar-refractivity contribution is 0.482. The number of hydrogen-bond donors (Lipinski definition) is 1. The van der Waals surface area contributed by atoms with Crippen LogP contribution in [0.1, 0.15) is 11.1 Å². The van der Waals surface area contributed by atoms with E-state index in [1.165, 1.54) is 5.56 Å². The predicted molar refractivity (Wildman–Crippen MR) is 74.8 cm³/mol. The van der Waals surface area contributed by atoms with E-state index in [4.69, 9.17) is 10.5 Å². The number of rotatable bonds is 5. The molecular weight excluding hydrogens is 222 g/mol. The average Bonchev–Trinajstić information content (AvgIpc) is 2.42. The van der Waals surface area contributed by atoms with Gasteiger partial charge in [0.15, 0.2) is 0 Å². The van der Waals surface area contributed by atoms with Crippen molar-refractivity contribution in [1.82, 2.24) is 0 Å². The second-order valence-corrected chi connectivity index (χ2v) is 4.09. The van der Waals surface area contributed by atoms with Crippen LogP contribution < -0.4 is 10.5 Å². The van der Waals surface area contributed by atoms with Gasteiger partial charge in [-0.15, -0.1) is 6.58 Å². The van der Waals surface area contributed by atoms with Crippen molar-refractivity contribution in [1.29, 1.82) is 0 Å². The monoisotopic (exact) mass is 239 g/mol. The van der Waals surface area contributed by atoms with Crippen LogP contribution in [0.25, 0.3) is 0 Å². The molecule has 0 radical (unpaired) electrons. The van der Waals surface area contributed by atoms with Gasteiger partial charge < -0.3 is 10.5 Å². The lowest BCUT2D eigenvalue weighted by Gasteiger charge is -2.07. The number of hydrogen-bond acceptors (Lipinski definition) is 2. The fraction of sp³-hybridized carbons (Fsp3) is 0.125. The molecule has 2 rings (SSSR count). The van der Waals surface area contributed by atoms with Crippen LogP contribution in [0.3, 0.4) is 0 Å². The average molecular weight is 239 g/mol. The highest BCUT2D eigenvalue weighted by Crippen LogP contribution is 2.22. The molecule has 0 spiro atoms. The molecule has 0 atom stereocenters. The van der Waals surface area contributed by atoms with Crippen LogP contribution in [0.15, 0.2) is 61.2 Å². The van der Waals surface area contributed by atoms with Crippen molar-refractivity contribution in [3.05, 3.63) is 72.3 Å². The van der Waals surface area contributed by atoms with E-state index in [1.807, 2.05) is 54.6 Å². The van der Waals surface area contributed by atoms with Gasteiger partial charge in [-0.25, -0.2) is 0 Å². The van der Waals surface area contributed by atoms with E-state index in [0.717, 1.165) is 23.5 Å². The van der Waals surface area contributed by atoms with Crippen LogP contribution in [0.4, 0.5) is 0 Å². The maximum Gasteiger partial charge on any atom is 0.127 e. The highest BCUT2D eigenvalue weighted by molar-refractivity contribution is 5.34. The predicted octanol–water partition coefficient (Wildman–Crippen LogP) is 3.67. The maximum atomic E-state index is 5.74. The van der Waals surface area contributed by atoms with E-state index in [1.54, 1.807) is 0 Å². The molecular formula is C16H17NO. The lowest BCUT2D eigenvalue weighted by atomic mass is 10.1. The molecule has 0 aliphatic heterocycles. The Morgan fingerprint density at radius 3 is 1.83 bits per heavy atom. The Kier molecular flexibility index (Phi) is 4.15. The van der Waals surface area contributed by atoms with Gasteiger partial charge in [-0.05, 0) is 41.8 Å². The fourth-order valence-corrected chi connectivity index (χ4v) is 1.69. The zero-order chi connectivity index (χ0) is 12.8. The molecule has 92 valence electrons. The Morgan fingerprint density at radius 1 is 0.889 bits per heavy atom. The number of allylic oxidation sites excluding steroid dienone is 1. The number of nitrogens with two attached hydrogens (primary N) is 1. The van der Waals surface area contributed by atoms with Crippen LogP contribution in [0.2, 0.25) is 0 Å². The minimum atomic E-state index is 0.552. The van der Waals surface area contributed by atoms with Gasteiger partial charge in [0.1, 0.15) is 11.5 Å². The summed E-state index contributed by atoms with van der Waals surface area (Å²) in [6.45, 7) is 4.27. The standard InChI is InChI=1S/C16H17NO/c1-2-3-13-4-8-15(9-5-13)18-16-10-6-14(12-17)7-11-16/h2,4-11H,1,3,12,17H2. The molecule has 0 saturated carbocycles. The van der Waals surface area contributed by atoms with Crippen LogP contribution in [0.5, 0.6) is 11.5 Å². The van der Waals surface area contributed by atoms with E-state index >= 15 is 0 Å². The maximum absolute atomic E-state index is 5.74. The van der Waals surface area contributed by atoms with Gasteiger partial charge in [0.25, 0.3) is 0 Å². The smallest absolute Gasteiger partial charge is 0.127 e. The molecule has 0 amide bonds. The van der Waals surface area contributed by atoms with Crippen molar-refractivity contribution in [3.63, 3.8) is 0 Å². The summed E-state index contributed by atoms with van der Waals surface area (Å²) in [5, 5.41) is 0. The van der Waals surface area contributed by atoms with Crippen molar-refractivity contribution in [3.8, 4) is 11.5 Å². The second kappa shape index (κ2) is 6.03. The normalized spacial score (nSPS) is 10.1. The first kappa shape index (κ1) is 12.4. The van der Waals surface area contributed by atoms with E-state index in [0.29, 0.717) is 6.54 Å². The van der Waals surface area contributed by atoms with Crippen molar-refractivity contribution >= 4 is 0 Å². The Hall–Kier alpha value is -2.06. The molecule has 2 N–H and O–H groups in total. The number of ether oxygens (including phenoxy) is 1. The van der Waals surface area contributed by atoms with Crippen LogP contribution in [-0.4, -0.2) is 0 Å². The Morgan fingerprint density at radius 2 is 1.39 bits per heavy atom. The van der Waals surface area contributed by atoms with Crippen LogP contribution in [0, 0.1) is 0 Å². The van der Waals surface area contributed by atoms with Gasteiger partial charge >= 0.3 is 0 Å². The fourth-order valence-electron chi connectivity index (χ4n) is 1.69. The zero-order valence-electron chi connectivity index (χ0n) is 10.3. The first-order valence-electron chi connectivity index (χ1n) is 5.98. The molecule has 0 heterocycles. The molecule has 2 aromatic rings. The summed E-state index contributed by atoms with van der Waals surface area (Å²) in [7, 11) is 0. The summed E-state index contributed by atoms with van der Waals surface area (Å²) in [6.07, 6.45) is 2.77. The van der Waals surface area contributed by atoms with Gasteiger partial charge in [-0.3, -0.25) is 0 Å². The van der Waals surface area contributed by atoms with Crippen molar-refractivity contribution in [2.75, 3.05) is 0 Å². The Balaban J connectivity index is 2.05. The zero-order valence-corrected chi connectivity index (χ0v) is 10.3. The van der Waals surface area contributed by atoms with Crippen molar-refractivity contribution < 1.29 is 4.74 Å². The molecule has 0 unspecified atom stereocenters. The van der Waals surface area contributed by atoms with Gasteiger partial charge in [-0.1, -0.05) is 30.3 Å². The molecule has 0 bridgehead atoms. The largest absolute Gasteiger partial charge is 0.457 e. The van der Waals surface area contributed by atoms with E-state index < -0.39 is 0 Å². The topological polar surface area (TPSA) is 35.2 Å². The van der Waals surface area contributed by atoms with E-state index in [9.17, 15) is 0 Å². The third-order valence-corrected chi connectivity index (χ3v) is 2.70. The molecule has 2 aromatic carbocycles. The molecule has 2 heteroatoms. The minimum Gasteiger partial charge on any atom is -0.457 e. The first-order valence-corrected chi connectivity index (χ1v) is 5.98. The molecule has 0 saturated heterocycles. The molecule has 2 nitrogen and oxygen atoms in total.